The summed E-state index contributed by atoms with van der Waals surface area (Å²) in [6, 6.07) is 4.64. The van der Waals surface area contributed by atoms with Gasteiger partial charge < -0.3 is 19.9 Å². The van der Waals surface area contributed by atoms with Crippen molar-refractivity contribution in [3.63, 3.8) is 0 Å². The fraction of sp³-hybridized carbons (Fsp3) is 0.467. The van der Waals surface area contributed by atoms with Crippen LogP contribution in [-0.2, 0) is 4.79 Å². The zero-order valence-corrected chi connectivity index (χ0v) is 12.3. The first kappa shape index (κ1) is 16.8. The highest BCUT2D eigenvalue weighted by Gasteiger charge is 2.13. The summed E-state index contributed by atoms with van der Waals surface area (Å²) >= 11 is 0. The van der Waals surface area contributed by atoms with Gasteiger partial charge in [-0.05, 0) is 25.0 Å². The third-order valence-corrected chi connectivity index (χ3v) is 2.74. The van der Waals surface area contributed by atoms with E-state index in [1.807, 2.05) is 6.92 Å². The van der Waals surface area contributed by atoms with Gasteiger partial charge in [0.05, 0.1) is 13.2 Å². The van der Waals surface area contributed by atoms with E-state index in [2.05, 4.69) is 5.32 Å². The number of aromatic carboxylic acids is 1. The van der Waals surface area contributed by atoms with Crippen LogP contribution < -0.4 is 14.8 Å². The molecule has 0 unspecified atom stereocenters. The van der Waals surface area contributed by atoms with Crippen LogP contribution in [0.25, 0.3) is 0 Å². The molecule has 1 amide bonds. The number of nitrogens with one attached hydrogen (secondary N) is 1. The number of hydrogen-bond acceptors (Lipinski definition) is 4. The molecule has 0 atom stereocenters. The third-order valence-electron chi connectivity index (χ3n) is 2.74. The van der Waals surface area contributed by atoms with Crippen LogP contribution in [0.3, 0.4) is 0 Å². The minimum atomic E-state index is -1.06. The molecule has 0 radical (unpaired) electrons. The maximum Gasteiger partial charge on any atom is 0.339 e. The molecule has 0 aliphatic carbocycles. The number of carbonyl (C=O) groups is 2. The largest absolute Gasteiger partial charge is 0.493 e. The van der Waals surface area contributed by atoms with Gasteiger partial charge in [0, 0.05) is 19.5 Å². The smallest absolute Gasteiger partial charge is 0.339 e. The molecular formula is C15H21NO5. The van der Waals surface area contributed by atoms with Gasteiger partial charge in [-0.15, -0.1) is 0 Å². The van der Waals surface area contributed by atoms with Gasteiger partial charge in [-0.1, -0.05) is 6.92 Å². The quantitative estimate of drug-likeness (QED) is 0.681. The number of carboxylic acid groups (broad SMARTS) is 1. The summed E-state index contributed by atoms with van der Waals surface area (Å²) in [6.07, 6.45) is 1.71. The monoisotopic (exact) mass is 295 g/mol. The molecule has 1 rings (SSSR count). The number of ether oxygens (including phenoxy) is 2. The van der Waals surface area contributed by atoms with Crippen LogP contribution in [0.4, 0.5) is 0 Å². The molecule has 0 aliphatic heterocycles. The van der Waals surface area contributed by atoms with E-state index in [1.54, 1.807) is 19.2 Å². The first-order valence-corrected chi connectivity index (χ1v) is 6.92. The fourth-order valence-corrected chi connectivity index (χ4v) is 1.65. The van der Waals surface area contributed by atoms with Crippen molar-refractivity contribution in [1.29, 1.82) is 0 Å². The number of benzene rings is 1. The Morgan fingerprint density at radius 1 is 1.24 bits per heavy atom. The number of rotatable bonds is 9. The Balaban J connectivity index is 2.67. The molecule has 116 valence electrons. The van der Waals surface area contributed by atoms with E-state index in [0.717, 1.165) is 6.42 Å². The second-order valence-electron chi connectivity index (χ2n) is 4.44. The van der Waals surface area contributed by atoms with Crippen LogP contribution in [0.1, 0.15) is 36.5 Å². The summed E-state index contributed by atoms with van der Waals surface area (Å²) in [6.45, 7) is 2.81. The van der Waals surface area contributed by atoms with Crippen molar-refractivity contribution in [2.45, 2.75) is 26.2 Å². The van der Waals surface area contributed by atoms with Gasteiger partial charge in [0.25, 0.3) is 0 Å². The highest BCUT2D eigenvalue weighted by atomic mass is 16.5. The van der Waals surface area contributed by atoms with Crippen molar-refractivity contribution in [3.05, 3.63) is 23.8 Å². The number of hydrogen-bond donors (Lipinski definition) is 2. The predicted octanol–water partition coefficient (Wildman–Crippen LogP) is 2.08. The average molecular weight is 295 g/mol. The van der Waals surface area contributed by atoms with Crippen molar-refractivity contribution >= 4 is 11.9 Å². The summed E-state index contributed by atoms with van der Waals surface area (Å²) in [7, 11) is 1.57. The van der Waals surface area contributed by atoms with E-state index >= 15 is 0 Å². The topological polar surface area (TPSA) is 84.9 Å². The summed E-state index contributed by atoms with van der Waals surface area (Å²) in [5, 5.41) is 11.6. The summed E-state index contributed by atoms with van der Waals surface area (Å²) < 4.78 is 10.9. The molecule has 0 aromatic heterocycles. The molecule has 0 saturated heterocycles. The molecule has 6 nitrogen and oxygen atoms in total. The highest BCUT2D eigenvalue weighted by molar-refractivity contribution is 5.91. The van der Waals surface area contributed by atoms with Gasteiger partial charge in [0.2, 0.25) is 5.91 Å². The van der Waals surface area contributed by atoms with Crippen LogP contribution in [0, 0.1) is 0 Å². The number of carboxylic acids is 1. The molecule has 0 fully saturated rings. The van der Waals surface area contributed by atoms with E-state index in [4.69, 9.17) is 14.6 Å². The van der Waals surface area contributed by atoms with Gasteiger partial charge in [-0.2, -0.15) is 0 Å². The summed E-state index contributed by atoms with van der Waals surface area (Å²) in [4.78, 5) is 22.2. The van der Waals surface area contributed by atoms with E-state index in [-0.39, 0.29) is 23.8 Å². The lowest BCUT2D eigenvalue weighted by atomic mass is 10.2. The first-order valence-electron chi connectivity index (χ1n) is 6.92. The van der Waals surface area contributed by atoms with Gasteiger partial charge in [0.1, 0.15) is 17.1 Å². The van der Waals surface area contributed by atoms with Gasteiger partial charge in [0.15, 0.2) is 0 Å². The Morgan fingerprint density at radius 3 is 2.62 bits per heavy atom. The van der Waals surface area contributed by atoms with Crippen LogP contribution in [0.15, 0.2) is 18.2 Å². The van der Waals surface area contributed by atoms with Gasteiger partial charge in [-0.25, -0.2) is 4.79 Å². The summed E-state index contributed by atoms with van der Waals surface area (Å²) in [5.74, 6) is -0.299. The normalized spacial score (nSPS) is 10.0. The van der Waals surface area contributed by atoms with Crippen molar-refractivity contribution in [3.8, 4) is 11.5 Å². The van der Waals surface area contributed by atoms with E-state index in [9.17, 15) is 9.59 Å². The standard InChI is InChI=1S/C15H21NO5/c1-3-8-20-11-6-7-12(15(18)19)13(10-11)21-9-4-5-14(17)16-2/h6-7,10H,3-5,8-9H2,1-2H3,(H,16,17)(H,18,19). The Kier molecular flexibility index (Phi) is 7.08. The lowest BCUT2D eigenvalue weighted by molar-refractivity contribution is -0.120. The second-order valence-corrected chi connectivity index (χ2v) is 4.44. The molecule has 0 saturated carbocycles. The van der Waals surface area contributed by atoms with Crippen molar-refractivity contribution in [2.75, 3.05) is 20.3 Å². The highest BCUT2D eigenvalue weighted by Crippen LogP contribution is 2.25. The Hall–Kier alpha value is -2.24. The molecular weight excluding hydrogens is 274 g/mol. The predicted molar refractivity (Wildman–Crippen MR) is 78.0 cm³/mol. The zero-order valence-electron chi connectivity index (χ0n) is 12.3. The Morgan fingerprint density at radius 2 is 2.00 bits per heavy atom. The molecule has 0 heterocycles. The van der Waals surface area contributed by atoms with Crippen LogP contribution in [-0.4, -0.2) is 37.2 Å². The van der Waals surface area contributed by atoms with Gasteiger partial charge in [-0.3, -0.25) is 4.79 Å². The zero-order chi connectivity index (χ0) is 15.7. The Bertz CT molecular complexity index is 487. The average Bonchev–Trinajstić information content (AvgIpc) is 2.49. The molecule has 2 N–H and O–H groups in total. The minimum Gasteiger partial charge on any atom is -0.493 e. The summed E-state index contributed by atoms with van der Waals surface area (Å²) in [5.41, 5.74) is 0.0822. The first-order chi connectivity index (χ1) is 10.1. The van der Waals surface area contributed by atoms with Crippen molar-refractivity contribution in [1.82, 2.24) is 5.32 Å². The lowest BCUT2D eigenvalue weighted by Crippen LogP contribution is -2.18. The molecule has 1 aromatic rings. The molecule has 21 heavy (non-hydrogen) atoms. The molecule has 0 aliphatic rings. The number of amides is 1. The van der Waals surface area contributed by atoms with Crippen molar-refractivity contribution < 1.29 is 24.2 Å². The SMILES string of the molecule is CCCOc1ccc(C(=O)O)c(OCCCC(=O)NC)c1. The van der Waals surface area contributed by atoms with Crippen LogP contribution in [0.2, 0.25) is 0 Å². The van der Waals surface area contributed by atoms with Gasteiger partial charge >= 0.3 is 5.97 Å². The molecule has 6 heteroatoms. The molecule has 0 spiro atoms. The fourth-order valence-electron chi connectivity index (χ4n) is 1.65. The van der Waals surface area contributed by atoms with Crippen LogP contribution >= 0.6 is 0 Å². The Labute approximate surface area is 124 Å². The lowest BCUT2D eigenvalue weighted by Gasteiger charge is -2.11. The maximum absolute atomic E-state index is 11.1. The maximum atomic E-state index is 11.1. The van der Waals surface area contributed by atoms with E-state index in [0.29, 0.717) is 25.2 Å². The van der Waals surface area contributed by atoms with E-state index < -0.39 is 5.97 Å². The van der Waals surface area contributed by atoms with Crippen LogP contribution in [0.5, 0.6) is 11.5 Å². The molecule has 0 bridgehead atoms. The number of carbonyl (C=O) groups excluding carboxylic acids is 1. The third kappa shape index (κ3) is 5.72. The molecule has 1 aromatic carbocycles. The second kappa shape index (κ2) is 8.84. The van der Waals surface area contributed by atoms with E-state index in [1.165, 1.54) is 6.07 Å². The minimum absolute atomic E-state index is 0.0721. The van der Waals surface area contributed by atoms with Crippen molar-refractivity contribution in [2.24, 2.45) is 0 Å².